The Kier molecular flexibility index (Phi) is 5.51. The maximum absolute atomic E-state index is 12.1. The molecule has 0 unspecified atom stereocenters. The summed E-state index contributed by atoms with van der Waals surface area (Å²) < 4.78 is 0. The van der Waals surface area contributed by atoms with Crippen molar-refractivity contribution in [2.24, 2.45) is 0 Å². The van der Waals surface area contributed by atoms with E-state index in [9.17, 15) is 9.59 Å². The zero-order valence-electron chi connectivity index (χ0n) is 12.9. The summed E-state index contributed by atoms with van der Waals surface area (Å²) in [4.78, 5) is 25.4. The number of benzene rings is 1. The van der Waals surface area contributed by atoms with Crippen LogP contribution in [0.1, 0.15) is 49.4 Å². The molecule has 1 aliphatic carbocycles. The number of ketones is 1. The Balaban J connectivity index is 1.84. The van der Waals surface area contributed by atoms with Gasteiger partial charge in [0.15, 0.2) is 5.78 Å². The van der Waals surface area contributed by atoms with Gasteiger partial charge in [0.2, 0.25) is 5.91 Å². The molecule has 0 aromatic heterocycles. The van der Waals surface area contributed by atoms with E-state index in [4.69, 9.17) is 0 Å². The van der Waals surface area contributed by atoms with Gasteiger partial charge in [0.05, 0.1) is 6.54 Å². The van der Waals surface area contributed by atoms with Crippen LogP contribution in [-0.4, -0.2) is 36.2 Å². The second kappa shape index (κ2) is 7.36. The van der Waals surface area contributed by atoms with E-state index < -0.39 is 0 Å². The quantitative estimate of drug-likeness (QED) is 0.847. The number of anilines is 1. The van der Waals surface area contributed by atoms with Gasteiger partial charge in [-0.25, -0.2) is 0 Å². The lowest BCUT2D eigenvalue weighted by Crippen LogP contribution is -2.39. The van der Waals surface area contributed by atoms with E-state index in [2.05, 4.69) is 10.2 Å². The molecule has 1 amide bonds. The van der Waals surface area contributed by atoms with Crippen LogP contribution in [0.25, 0.3) is 0 Å². The SMILES string of the molecule is CC(=O)c1ccc(NC(=O)CN(C)C2CCCCC2)cc1. The molecule has 0 saturated heterocycles. The van der Waals surface area contributed by atoms with Crippen molar-refractivity contribution in [2.45, 2.75) is 45.1 Å². The van der Waals surface area contributed by atoms with Crippen molar-refractivity contribution in [1.82, 2.24) is 4.90 Å². The molecule has 0 radical (unpaired) electrons. The number of Topliss-reactive ketones (excluding diaryl/α,β-unsaturated/α-hetero) is 1. The molecule has 2 rings (SSSR count). The van der Waals surface area contributed by atoms with Crippen molar-refractivity contribution in [1.29, 1.82) is 0 Å². The Hall–Kier alpha value is -1.68. The summed E-state index contributed by atoms with van der Waals surface area (Å²) in [6.45, 7) is 1.95. The average Bonchev–Trinajstić information content (AvgIpc) is 2.48. The van der Waals surface area contributed by atoms with Crippen molar-refractivity contribution in [3.05, 3.63) is 29.8 Å². The Morgan fingerprint density at radius 1 is 1.14 bits per heavy atom. The van der Waals surface area contributed by atoms with Crippen molar-refractivity contribution >= 4 is 17.4 Å². The van der Waals surface area contributed by atoms with E-state index in [1.165, 1.54) is 39.0 Å². The molecule has 0 aliphatic heterocycles. The van der Waals surface area contributed by atoms with E-state index in [-0.39, 0.29) is 11.7 Å². The minimum atomic E-state index is -0.00125. The molecule has 1 aromatic rings. The van der Waals surface area contributed by atoms with Gasteiger partial charge in [0.25, 0.3) is 0 Å². The van der Waals surface area contributed by atoms with E-state index in [1.807, 2.05) is 7.05 Å². The third-order valence-electron chi connectivity index (χ3n) is 4.17. The van der Waals surface area contributed by atoms with Crippen LogP contribution in [0.5, 0.6) is 0 Å². The van der Waals surface area contributed by atoms with E-state index in [0.717, 1.165) is 5.69 Å². The summed E-state index contributed by atoms with van der Waals surface area (Å²) >= 11 is 0. The summed E-state index contributed by atoms with van der Waals surface area (Å²) in [5, 5.41) is 2.89. The smallest absolute Gasteiger partial charge is 0.238 e. The van der Waals surface area contributed by atoms with Crippen LogP contribution in [0.2, 0.25) is 0 Å². The molecule has 1 aromatic carbocycles. The summed E-state index contributed by atoms with van der Waals surface area (Å²) in [7, 11) is 2.02. The number of hydrogen-bond donors (Lipinski definition) is 1. The van der Waals surface area contributed by atoms with Gasteiger partial charge in [-0.15, -0.1) is 0 Å². The molecule has 1 saturated carbocycles. The molecule has 4 heteroatoms. The number of nitrogens with zero attached hydrogens (tertiary/aromatic N) is 1. The molecule has 0 bridgehead atoms. The number of carbonyl (C=O) groups excluding carboxylic acids is 2. The normalized spacial score (nSPS) is 16.0. The zero-order chi connectivity index (χ0) is 15.2. The van der Waals surface area contributed by atoms with E-state index in [0.29, 0.717) is 18.2 Å². The lowest BCUT2D eigenvalue weighted by molar-refractivity contribution is -0.117. The first-order chi connectivity index (χ1) is 10.1. The number of carbonyl (C=O) groups is 2. The van der Waals surface area contributed by atoms with Gasteiger partial charge in [-0.1, -0.05) is 19.3 Å². The standard InChI is InChI=1S/C17H24N2O2/c1-13(20)14-8-10-15(11-9-14)18-17(21)12-19(2)16-6-4-3-5-7-16/h8-11,16H,3-7,12H2,1-2H3,(H,18,21). The van der Waals surface area contributed by atoms with Gasteiger partial charge in [-0.3, -0.25) is 14.5 Å². The molecule has 21 heavy (non-hydrogen) atoms. The van der Waals surface area contributed by atoms with Crippen LogP contribution in [0, 0.1) is 0 Å². The molecule has 0 heterocycles. The zero-order valence-corrected chi connectivity index (χ0v) is 12.9. The highest BCUT2D eigenvalue weighted by Crippen LogP contribution is 2.21. The number of amides is 1. The second-order valence-corrected chi connectivity index (χ2v) is 5.89. The van der Waals surface area contributed by atoms with Crippen LogP contribution >= 0.6 is 0 Å². The molecule has 4 nitrogen and oxygen atoms in total. The predicted octanol–water partition coefficient (Wildman–Crippen LogP) is 3.09. The molecule has 1 N–H and O–H groups in total. The van der Waals surface area contributed by atoms with Crippen molar-refractivity contribution in [3.8, 4) is 0 Å². The highest BCUT2D eigenvalue weighted by atomic mass is 16.2. The van der Waals surface area contributed by atoms with Gasteiger partial charge < -0.3 is 5.32 Å². The Morgan fingerprint density at radius 3 is 2.33 bits per heavy atom. The lowest BCUT2D eigenvalue weighted by Gasteiger charge is -2.30. The number of hydrogen-bond acceptors (Lipinski definition) is 3. The second-order valence-electron chi connectivity index (χ2n) is 5.89. The fourth-order valence-electron chi connectivity index (χ4n) is 2.87. The Labute approximate surface area is 126 Å². The van der Waals surface area contributed by atoms with Crippen LogP contribution in [0.15, 0.2) is 24.3 Å². The topological polar surface area (TPSA) is 49.4 Å². The van der Waals surface area contributed by atoms with Crippen LogP contribution in [0.3, 0.4) is 0 Å². The summed E-state index contributed by atoms with van der Waals surface area (Å²) in [6.07, 6.45) is 6.24. The molecule has 0 spiro atoms. The van der Waals surface area contributed by atoms with Gasteiger partial charge in [0, 0.05) is 17.3 Å². The van der Waals surface area contributed by atoms with E-state index >= 15 is 0 Å². The monoisotopic (exact) mass is 288 g/mol. The van der Waals surface area contributed by atoms with Gasteiger partial charge in [-0.2, -0.15) is 0 Å². The minimum absolute atomic E-state index is 0.00125. The maximum Gasteiger partial charge on any atom is 0.238 e. The van der Waals surface area contributed by atoms with Gasteiger partial charge in [-0.05, 0) is 51.1 Å². The first kappa shape index (κ1) is 15.7. The van der Waals surface area contributed by atoms with Crippen molar-refractivity contribution in [2.75, 3.05) is 18.9 Å². The maximum atomic E-state index is 12.1. The van der Waals surface area contributed by atoms with Crippen molar-refractivity contribution in [3.63, 3.8) is 0 Å². The summed E-state index contributed by atoms with van der Waals surface area (Å²) in [6, 6.07) is 7.56. The van der Waals surface area contributed by atoms with Crippen LogP contribution in [0.4, 0.5) is 5.69 Å². The number of likely N-dealkylation sites (N-methyl/N-ethyl adjacent to an activating group) is 1. The molecular weight excluding hydrogens is 264 g/mol. The van der Waals surface area contributed by atoms with Crippen molar-refractivity contribution < 1.29 is 9.59 Å². The molecule has 1 fully saturated rings. The minimum Gasteiger partial charge on any atom is -0.325 e. The predicted molar refractivity (Wildman–Crippen MR) is 84.6 cm³/mol. The highest BCUT2D eigenvalue weighted by molar-refractivity contribution is 5.96. The van der Waals surface area contributed by atoms with Gasteiger partial charge in [0.1, 0.15) is 0 Å². The first-order valence-electron chi connectivity index (χ1n) is 7.67. The van der Waals surface area contributed by atoms with Crippen LogP contribution in [-0.2, 0) is 4.79 Å². The highest BCUT2D eigenvalue weighted by Gasteiger charge is 2.19. The lowest BCUT2D eigenvalue weighted by atomic mass is 9.94. The molecule has 1 aliphatic rings. The summed E-state index contributed by atoms with van der Waals surface area (Å²) in [5.41, 5.74) is 1.40. The van der Waals surface area contributed by atoms with E-state index in [1.54, 1.807) is 24.3 Å². The van der Waals surface area contributed by atoms with Gasteiger partial charge >= 0.3 is 0 Å². The fraction of sp³-hybridized carbons (Fsp3) is 0.529. The third-order valence-corrected chi connectivity index (χ3v) is 4.17. The number of nitrogens with one attached hydrogen (secondary N) is 1. The largest absolute Gasteiger partial charge is 0.325 e. The Bertz CT molecular complexity index is 490. The van der Waals surface area contributed by atoms with Crippen LogP contribution < -0.4 is 5.32 Å². The first-order valence-corrected chi connectivity index (χ1v) is 7.67. The molecule has 114 valence electrons. The third kappa shape index (κ3) is 4.67. The fourth-order valence-corrected chi connectivity index (χ4v) is 2.87. The Morgan fingerprint density at radius 2 is 1.76 bits per heavy atom. The molecular formula is C17H24N2O2. The number of rotatable bonds is 5. The summed E-state index contributed by atoms with van der Waals surface area (Å²) in [5.74, 6) is 0.0311. The molecule has 0 atom stereocenters. The average molecular weight is 288 g/mol.